The summed E-state index contributed by atoms with van der Waals surface area (Å²) in [6.07, 6.45) is 3.96. The molecule has 7 nitrogen and oxygen atoms in total. The highest BCUT2D eigenvalue weighted by atomic mass is 32.2. The third-order valence-corrected chi connectivity index (χ3v) is 4.99. The van der Waals surface area contributed by atoms with Gasteiger partial charge in [0.25, 0.3) is 5.69 Å². The monoisotopic (exact) mass is 314 g/mol. The Labute approximate surface area is 123 Å². The van der Waals surface area contributed by atoms with E-state index in [0.717, 1.165) is 25.5 Å². The molecule has 0 unspecified atom stereocenters. The second kappa shape index (κ2) is 5.61. The summed E-state index contributed by atoms with van der Waals surface area (Å²) in [5.41, 5.74) is -0.0926. The minimum atomic E-state index is -3.66. The van der Waals surface area contributed by atoms with Gasteiger partial charge in [0.15, 0.2) is 9.84 Å². The average Bonchev–Trinajstić information content (AvgIpc) is 2.36. The van der Waals surface area contributed by atoms with Crippen molar-refractivity contribution in [2.45, 2.75) is 29.8 Å². The van der Waals surface area contributed by atoms with Gasteiger partial charge in [0.1, 0.15) is 4.90 Å². The van der Waals surface area contributed by atoms with Crippen LogP contribution in [0.1, 0.15) is 19.3 Å². The Morgan fingerprint density at radius 2 is 2.10 bits per heavy atom. The molecule has 0 bridgehead atoms. The van der Waals surface area contributed by atoms with E-state index in [-0.39, 0.29) is 10.5 Å². The molecule has 0 spiro atoms. The van der Waals surface area contributed by atoms with Crippen molar-refractivity contribution >= 4 is 21.2 Å². The Balaban J connectivity index is 2.24. The van der Waals surface area contributed by atoms with Crippen LogP contribution in [0.15, 0.2) is 23.1 Å². The van der Waals surface area contributed by atoms with E-state index in [4.69, 9.17) is 4.74 Å². The third-order valence-electron chi connectivity index (χ3n) is 3.87. The molecule has 1 aliphatic rings. The zero-order chi connectivity index (χ0) is 15.7. The Morgan fingerprint density at radius 1 is 1.43 bits per heavy atom. The van der Waals surface area contributed by atoms with Gasteiger partial charge in [-0.3, -0.25) is 10.1 Å². The predicted octanol–water partition coefficient (Wildman–Crippen LogP) is 1.98. The van der Waals surface area contributed by atoms with Crippen molar-refractivity contribution in [3.05, 3.63) is 28.3 Å². The van der Waals surface area contributed by atoms with Gasteiger partial charge in [-0.25, -0.2) is 8.42 Å². The van der Waals surface area contributed by atoms with Crippen molar-refractivity contribution in [1.29, 1.82) is 0 Å². The lowest BCUT2D eigenvalue weighted by atomic mass is 9.80. The molecule has 1 aliphatic carbocycles. The smallest absolute Gasteiger partial charge is 0.288 e. The van der Waals surface area contributed by atoms with Gasteiger partial charge >= 0.3 is 0 Å². The Kier molecular flexibility index (Phi) is 4.20. The van der Waals surface area contributed by atoms with Gasteiger partial charge in [0.05, 0.1) is 10.5 Å². The average molecular weight is 314 g/mol. The van der Waals surface area contributed by atoms with Crippen molar-refractivity contribution in [1.82, 2.24) is 0 Å². The summed E-state index contributed by atoms with van der Waals surface area (Å²) in [5.74, 6) is 0. The molecule has 0 saturated heterocycles. The van der Waals surface area contributed by atoms with Crippen LogP contribution in [0.2, 0.25) is 0 Å². The lowest BCUT2D eigenvalue weighted by Gasteiger charge is -2.40. The second-order valence-electron chi connectivity index (χ2n) is 5.31. The van der Waals surface area contributed by atoms with Crippen LogP contribution in [0.5, 0.6) is 0 Å². The summed E-state index contributed by atoms with van der Waals surface area (Å²) in [7, 11) is -2.01. The number of sulfone groups is 1. The molecule has 1 aromatic rings. The van der Waals surface area contributed by atoms with Gasteiger partial charge in [-0.15, -0.1) is 0 Å². The van der Waals surface area contributed by atoms with Gasteiger partial charge < -0.3 is 10.1 Å². The number of nitro benzene ring substituents is 1. The minimum Gasteiger partial charge on any atom is -0.382 e. The van der Waals surface area contributed by atoms with Crippen molar-refractivity contribution in [2.75, 3.05) is 25.2 Å². The molecule has 0 atom stereocenters. The fourth-order valence-electron chi connectivity index (χ4n) is 2.36. The molecule has 0 radical (unpaired) electrons. The summed E-state index contributed by atoms with van der Waals surface area (Å²) in [6.45, 7) is 0.546. The molecule has 1 N–H and O–H groups in total. The first-order valence-corrected chi connectivity index (χ1v) is 8.44. The van der Waals surface area contributed by atoms with Crippen LogP contribution in [0.25, 0.3) is 0 Å². The molecule has 1 aromatic carbocycles. The summed E-state index contributed by atoms with van der Waals surface area (Å²) in [5, 5.41) is 14.0. The molecule has 1 fully saturated rings. The quantitative estimate of drug-likeness (QED) is 0.637. The molecule has 0 amide bonds. The number of rotatable bonds is 6. The molecule has 8 heteroatoms. The first-order valence-electron chi connectivity index (χ1n) is 6.55. The molecule has 0 aliphatic heterocycles. The van der Waals surface area contributed by atoms with Gasteiger partial charge in [0, 0.05) is 31.7 Å². The van der Waals surface area contributed by atoms with E-state index in [1.807, 2.05) is 0 Å². The molecule has 0 aromatic heterocycles. The molecule has 116 valence electrons. The summed E-state index contributed by atoms with van der Waals surface area (Å²) >= 11 is 0. The largest absolute Gasteiger partial charge is 0.382 e. The van der Waals surface area contributed by atoms with E-state index < -0.39 is 20.4 Å². The van der Waals surface area contributed by atoms with Crippen LogP contribution in [-0.4, -0.2) is 38.9 Å². The van der Waals surface area contributed by atoms with Crippen LogP contribution in [0.4, 0.5) is 11.4 Å². The lowest BCUT2D eigenvalue weighted by molar-refractivity contribution is -0.387. The highest BCUT2D eigenvalue weighted by Gasteiger charge is 2.36. The standard InChI is InChI=1S/C13H18N2O5S/c1-20-13(6-3-7-13)9-14-10-4-5-11(15(16)17)12(8-10)21(2,18)19/h4-5,8,14H,3,6-7,9H2,1-2H3. The Morgan fingerprint density at radius 3 is 2.52 bits per heavy atom. The first-order chi connectivity index (χ1) is 9.77. The summed E-state index contributed by atoms with van der Waals surface area (Å²) in [6, 6.07) is 4.02. The summed E-state index contributed by atoms with van der Waals surface area (Å²) < 4.78 is 28.8. The van der Waals surface area contributed by atoms with E-state index in [9.17, 15) is 18.5 Å². The topological polar surface area (TPSA) is 98.5 Å². The zero-order valence-corrected chi connectivity index (χ0v) is 12.8. The van der Waals surface area contributed by atoms with Crippen LogP contribution >= 0.6 is 0 Å². The maximum Gasteiger partial charge on any atom is 0.288 e. The maximum atomic E-state index is 11.7. The predicted molar refractivity (Wildman–Crippen MR) is 78.3 cm³/mol. The SMILES string of the molecule is COC1(CNc2ccc([N+](=O)[O-])c(S(C)(=O)=O)c2)CCC1. The van der Waals surface area contributed by atoms with Crippen LogP contribution in [0, 0.1) is 10.1 Å². The van der Waals surface area contributed by atoms with Crippen molar-refractivity contribution in [3.8, 4) is 0 Å². The van der Waals surface area contributed by atoms with Gasteiger partial charge in [-0.05, 0) is 31.4 Å². The zero-order valence-electron chi connectivity index (χ0n) is 12.0. The second-order valence-corrected chi connectivity index (χ2v) is 7.29. The minimum absolute atomic E-state index is 0.215. The normalized spacial score (nSPS) is 17.0. The van der Waals surface area contributed by atoms with E-state index in [2.05, 4.69) is 5.32 Å². The fraction of sp³-hybridized carbons (Fsp3) is 0.538. The van der Waals surface area contributed by atoms with E-state index >= 15 is 0 Å². The number of hydrogen-bond acceptors (Lipinski definition) is 6. The highest BCUT2D eigenvalue weighted by Crippen LogP contribution is 2.35. The van der Waals surface area contributed by atoms with Crippen LogP contribution in [0.3, 0.4) is 0 Å². The maximum absolute atomic E-state index is 11.7. The van der Waals surface area contributed by atoms with E-state index in [1.165, 1.54) is 18.2 Å². The number of nitrogens with one attached hydrogen (secondary N) is 1. The van der Waals surface area contributed by atoms with Gasteiger partial charge in [-0.2, -0.15) is 0 Å². The number of nitro groups is 1. The number of benzene rings is 1. The number of ether oxygens (including phenoxy) is 1. The van der Waals surface area contributed by atoms with Crippen LogP contribution in [-0.2, 0) is 14.6 Å². The van der Waals surface area contributed by atoms with E-state index in [1.54, 1.807) is 7.11 Å². The molecular formula is C13H18N2O5S. The number of anilines is 1. The summed E-state index contributed by atoms with van der Waals surface area (Å²) in [4.78, 5) is 9.93. The van der Waals surface area contributed by atoms with Crippen molar-refractivity contribution < 1.29 is 18.1 Å². The number of nitrogens with zero attached hydrogens (tertiary/aromatic N) is 1. The van der Waals surface area contributed by atoms with Crippen molar-refractivity contribution in [3.63, 3.8) is 0 Å². The first kappa shape index (κ1) is 15.7. The lowest BCUT2D eigenvalue weighted by Crippen LogP contribution is -2.45. The van der Waals surface area contributed by atoms with Crippen LogP contribution < -0.4 is 5.32 Å². The molecule has 2 rings (SSSR count). The van der Waals surface area contributed by atoms with Gasteiger partial charge in [-0.1, -0.05) is 0 Å². The molecule has 1 saturated carbocycles. The van der Waals surface area contributed by atoms with Crippen molar-refractivity contribution in [2.24, 2.45) is 0 Å². The Hall–Kier alpha value is -1.67. The number of methoxy groups -OCH3 is 1. The molecule has 21 heavy (non-hydrogen) atoms. The highest BCUT2D eigenvalue weighted by molar-refractivity contribution is 7.90. The fourth-order valence-corrected chi connectivity index (χ4v) is 3.22. The van der Waals surface area contributed by atoms with Gasteiger partial charge in [0.2, 0.25) is 0 Å². The third kappa shape index (κ3) is 3.33. The van der Waals surface area contributed by atoms with E-state index in [0.29, 0.717) is 12.2 Å². The Bertz CT molecular complexity index is 647. The molecular weight excluding hydrogens is 296 g/mol. The molecule has 0 heterocycles. The number of hydrogen-bond donors (Lipinski definition) is 1.